The lowest BCUT2D eigenvalue weighted by Gasteiger charge is -2.03. The molecule has 0 aliphatic heterocycles. The number of esters is 1. The van der Waals surface area contributed by atoms with Crippen molar-refractivity contribution < 1.29 is 19.0 Å². The maximum absolute atomic E-state index is 13.3. The van der Waals surface area contributed by atoms with E-state index in [0.717, 1.165) is 0 Å². The number of methoxy groups -OCH3 is 1. The Morgan fingerprint density at radius 3 is 2.69 bits per heavy atom. The van der Waals surface area contributed by atoms with Crippen molar-refractivity contribution in [3.63, 3.8) is 0 Å². The molecule has 0 unspecified atom stereocenters. The first-order valence-corrected chi connectivity index (χ1v) is 7.54. The van der Waals surface area contributed by atoms with E-state index in [1.54, 1.807) is 0 Å². The van der Waals surface area contributed by atoms with Gasteiger partial charge in [-0.15, -0.1) is 15.3 Å². The molecule has 4 aromatic rings. The highest BCUT2D eigenvalue weighted by Gasteiger charge is 2.21. The van der Waals surface area contributed by atoms with Crippen LogP contribution in [0, 0.1) is 5.82 Å². The van der Waals surface area contributed by atoms with E-state index >= 15 is 0 Å². The number of aromatic nitrogens is 7. The zero-order valence-corrected chi connectivity index (χ0v) is 13.5. The Kier molecular flexibility index (Phi) is 3.77. The molecule has 0 saturated heterocycles. The summed E-state index contributed by atoms with van der Waals surface area (Å²) in [6.07, 6.45) is -0.122. The average molecular weight is 357 g/mol. The summed E-state index contributed by atoms with van der Waals surface area (Å²) < 4.78 is 20.8. The topological polar surface area (TPSA) is 120 Å². The van der Waals surface area contributed by atoms with Crippen molar-refractivity contribution >= 4 is 22.9 Å². The molecule has 1 aromatic carbocycles. The SMILES string of the molecule is COC(=O)Cc1nn(-c2ccc(F)cc2)c2c1nnc1nc(CO)nn12. The fourth-order valence-electron chi connectivity index (χ4n) is 2.54. The first-order chi connectivity index (χ1) is 12.6. The summed E-state index contributed by atoms with van der Waals surface area (Å²) >= 11 is 0. The van der Waals surface area contributed by atoms with Crippen molar-refractivity contribution in [2.75, 3.05) is 7.11 Å². The van der Waals surface area contributed by atoms with Crippen molar-refractivity contribution in [2.45, 2.75) is 13.0 Å². The summed E-state index contributed by atoms with van der Waals surface area (Å²) in [5.74, 6) is -0.567. The monoisotopic (exact) mass is 357 g/mol. The normalized spacial score (nSPS) is 11.3. The number of aliphatic hydroxyl groups excluding tert-OH is 1. The maximum Gasteiger partial charge on any atom is 0.311 e. The van der Waals surface area contributed by atoms with E-state index in [-0.39, 0.29) is 24.6 Å². The maximum atomic E-state index is 13.3. The van der Waals surface area contributed by atoms with Gasteiger partial charge in [-0.1, -0.05) is 0 Å². The van der Waals surface area contributed by atoms with Gasteiger partial charge in [-0.2, -0.15) is 14.6 Å². The molecule has 0 spiro atoms. The Morgan fingerprint density at radius 2 is 2.00 bits per heavy atom. The summed E-state index contributed by atoms with van der Waals surface area (Å²) in [7, 11) is 1.27. The van der Waals surface area contributed by atoms with Gasteiger partial charge < -0.3 is 9.84 Å². The van der Waals surface area contributed by atoms with Crippen molar-refractivity contribution in [3.05, 3.63) is 41.6 Å². The molecule has 0 saturated carbocycles. The van der Waals surface area contributed by atoms with Crippen molar-refractivity contribution in [1.82, 2.24) is 34.6 Å². The average Bonchev–Trinajstić information content (AvgIpc) is 3.23. The fourth-order valence-corrected chi connectivity index (χ4v) is 2.54. The predicted octanol–water partition coefficient (Wildman–Crippen LogP) is 0.205. The highest BCUT2D eigenvalue weighted by molar-refractivity contribution is 5.82. The Balaban J connectivity index is 2.02. The molecule has 3 heterocycles. The smallest absolute Gasteiger partial charge is 0.311 e. The number of fused-ring (bicyclic) bond motifs is 3. The molecule has 0 radical (unpaired) electrons. The van der Waals surface area contributed by atoms with Crippen LogP contribution in [-0.4, -0.2) is 52.8 Å². The minimum absolute atomic E-state index is 0.122. The van der Waals surface area contributed by atoms with Gasteiger partial charge >= 0.3 is 5.97 Å². The lowest BCUT2D eigenvalue weighted by Crippen LogP contribution is -2.06. The van der Waals surface area contributed by atoms with E-state index in [9.17, 15) is 14.3 Å². The molecule has 0 bridgehead atoms. The lowest BCUT2D eigenvalue weighted by atomic mass is 10.3. The molecular formula is C15H12FN7O3. The van der Waals surface area contributed by atoms with Crippen LogP contribution in [0.15, 0.2) is 24.3 Å². The number of halogens is 1. The number of hydrogen-bond donors (Lipinski definition) is 1. The standard InChI is InChI=1S/C15H12FN7O3/c1-26-12(25)6-10-13-14(22(20-10)9-4-2-8(16)3-5-9)23-15(19-18-13)17-11(7-24)21-23/h2-5,24H,6-7H2,1H3. The predicted molar refractivity (Wildman–Crippen MR) is 84.8 cm³/mol. The molecule has 1 N–H and O–H groups in total. The van der Waals surface area contributed by atoms with Crippen LogP contribution in [0.2, 0.25) is 0 Å². The summed E-state index contributed by atoms with van der Waals surface area (Å²) in [6.45, 7) is -0.370. The Bertz CT molecular complexity index is 1120. The van der Waals surface area contributed by atoms with Crippen LogP contribution in [-0.2, 0) is 22.6 Å². The third-order valence-electron chi connectivity index (χ3n) is 3.73. The van der Waals surface area contributed by atoms with Crippen LogP contribution in [0.3, 0.4) is 0 Å². The van der Waals surface area contributed by atoms with Gasteiger partial charge in [0, 0.05) is 0 Å². The highest BCUT2D eigenvalue weighted by atomic mass is 19.1. The molecule has 0 amide bonds. The zero-order chi connectivity index (χ0) is 18.3. The van der Waals surface area contributed by atoms with Gasteiger partial charge in [0.2, 0.25) is 0 Å². The first-order valence-electron chi connectivity index (χ1n) is 7.54. The number of benzene rings is 1. The van der Waals surface area contributed by atoms with Crippen LogP contribution in [0.25, 0.3) is 22.6 Å². The van der Waals surface area contributed by atoms with Gasteiger partial charge in [0.05, 0.1) is 19.2 Å². The number of ether oxygens (including phenoxy) is 1. The van der Waals surface area contributed by atoms with Crippen LogP contribution >= 0.6 is 0 Å². The zero-order valence-electron chi connectivity index (χ0n) is 13.5. The molecule has 132 valence electrons. The number of nitrogens with zero attached hydrogens (tertiary/aromatic N) is 7. The number of hydrogen-bond acceptors (Lipinski definition) is 8. The van der Waals surface area contributed by atoms with Gasteiger partial charge in [0.1, 0.15) is 18.1 Å². The minimum atomic E-state index is -0.493. The number of rotatable bonds is 4. The van der Waals surface area contributed by atoms with E-state index in [1.165, 1.54) is 40.6 Å². The van der Waals surface area contributed by atoms with Crippen LogP contribution in [0.4, 0.5) is 4.39 Å². The highest BCUT2D eigenvalue weighted by Crippen LogP contribution is 2.21. The van der Waals surface area contributed by atoms with Gasteiger partial charge in [-0.3, -0.25) is 4.79 Å². The quantitative estimate of drug-likeness (QED) is 0.515. The van der Waals surface area contributed by atoms with Crippen molar-refractivity contribution in [1.29, 1.82) is 0 Å². The second-order valence-electron chi connectivity index (χ2n) is 5.36. The fraction of sp³-hybridized carbons (Fsp3) is 0.200. The van der Waals surface area contributed by atoms with Gasteiger partial charge in [-0.05, 0) is 24.3 Å². The molecule has 0 fully saturated rings. The number of carbonyl (C=O) groups excluding carboxylic acids is 1. The molecular weight excluding hydrogens is 345 g/mol. The number of aliphatic hydroxyl groups is 1. The van der Waals surface area contributed by atoms with Gasteiger partial charge in [0.25, 0.3) is 5.78 Å². The Labute approximate surface area is 144 Å². The van der Waals surface area contributed by atoms with Crippen LogP contribution in [0.5, 0.6) is 0 Å². The molecule has 3 aromatic heterocycles. The van der Waals surface area contributed by atoms with E-state index in [0.29, 0.717) is 22.5 Å². The Hall–Kier alpha value is -3.47. The van der Waals surface area contributed by atoms with E-state index < -0.39 is 11.8 Å². The molecule has 0 aliphatic carbocycles. The molecule has 10 nitrogen and oxygen atoms in total. The van der Waals surface area contributed by atoms with Gasteiger partial charge in [0.15, 0.2) is 17.0 Å². The first kappa shape index (κ1) is 16.0. The summed E-state index contributed by atoms with van der Waals surface area (Å²) in [4.78, 5) is 15.7. The summed E-state index contributed by atoms with van der Waals surface area (Å²) in [5.41, 5.74) is 1.56. The number of carbonyl (C=O) groups is 1. The molecule has 11 heteroatoms. The largest absolute Gasteiger partial charge is 0.469 e. The lowest BCUT2D eigenvalue weighted by molar-refractivity contribution is -0.139. The Morgan fingerprint density at radius 1 is 1.23 bits per heavy atom. The minimum Gasteiger partial charge on any atom is -0.469 e. The molecule has 0 atom stereocenters. The third-order valence-corrected chi connectivity index (χ3v) is 3.73. The van der Waals surface area contributed by atoms with E-state index in [2.05, 4.69) is 30.1 Å². The van der Waals surface area contributed by atoms with E-state index in [4.69, 9.17) is 0 Å². The molecule has 26 heavy (non-hydrogen) atoms. The second kappa shape index (κ2) is 6.11. The summed E-state index contributed by atoms with van der Waals surface area (Å²) in [5, 5.41) is 25.9. The van der Waals surface area contributed by atoms with Crippen molar-refractivity contribution in [3.8, 4) is 5.69 Å². The second-order valence-corrected chi connectivity index (χ2v) is 5.36. The van der Waals surface area contributed by atoms with Crippen molar-refractivity contribution in [2.24, 2.45) is 0 Å². The van der Waals surface area contributed by atoms with Crippen LogP contribution in [0.1, 0.15) is 11.5 Å². The summed E-state index contributed by atoms with van der Waals surface area (Å²) in [6, 6.07) is 5.63. The van der Waals surface area contributed by atoms with Gasteiger partial charge in [-0.25, -0.2) is 9.07 Å². The molecule has 0 aliphatic rings. The molecule has 4 rings (SSSR count). The third kappa shape index (κ3) is 2.54. The van der Waals surface area contributed by atoms with Crippen LogP contribution < -0.4 is 0 Å². The van der Waals surface area contributed by atoms with E-state index in [1.807, 2.05) is 0 Å².